The molecule has 0 aliphatic heterocycles. The number of aliphatic hydroxyl groups is 1. The van der Waals surface area contributed by atoms with Crippen LogP contribution in [0.4, 0.5) is 0 Å². The van der Waals surface area contributed by atoms with E-state index in [0.717, 1.165) is 88.6 Å². The first-order valence-electron chi connectivity index (χ1n) is 22.1. The predicted molar refractivity (Wildman–Crippen MR) is 243 cm³/mol. The number of allylic oxidation sites excluding steroid dienone is 10. The lowest BCUT2D eigenvalue weighted by Crippen LogP contribution is -2.37. The van der Waals surface area contributed by atoms with Crippen LogP contribution in [0.2, 0.25) is 0 Å². The first-order chi connectivity index (χ1) is 28.7. The minimum absolute atomic E-state index is 0.000772. The number of rotatable bonds is 35. The maximum Gasteiger partial charge on any atom is 0.472 e. The lowest BCUT2D eigenvalue weighted by Gasteiger charge is -2.24. The minimum atomic E-state index is -4.42. The first kappa shape index (κ1) is 54.7. The van der Waals surface area contributed by atoms with Gasteiger partial charge in [0, 0.05) is 25.7 Å². The van der Waals surface area contributed by atoms with Gasteiger partial charge in [-0.1, -0.05) is 112 Å². The average molecular weight is 861 g/mol. The van der Waals surface area contributed by atoms with Gasteiger partial charge in [0.15, 0.2) is 6.10 Å². The van der Waals surface area contributed by atoms with Gasteiger partial charge in [0.05, 0.1) is 33.9 Å². The second-order valence-electron chi connectivity index (χ2n) is 16.1. The topological polar surface area (TPSA) is 142 Å². The summed E-state index contributed by atoms with van der Waals surface area (Å²) in [5, 5.41) is 9.85. The number of furan rings is 1. The van der Waals surface area contributed by atoms with E-state index in [-0.39, 0.29) is 26.1 Å². The maximum absolute atomic E-state index is 12.7. The molecule has 12 heteroatoms. The van der Waals surface area contributed by atoms with E-state index in [1.165, 1.54) is 11.1 Å². The fourth-order valence-corrected chi connectivity index (χ4v) is 6.56. The SMILES string of the molecule is CC/C=C\CC(O)/C=C/C=C/C/C=C\C/C=C\C/C=C\CCC(=O)OC[C@H](COP(=O)(O)OCC[N+](C)(C)C)OC(=O)CCCCCCCCc1oc(CCC)c(C)c1C. The van der Waals surface area contributed by atoms with Crippen LogP contribution in [0.15, 0.2) is 77.3 Å². The maximum atomic E-state index is 12.7. The Balaban J connectivity index is 2.43. The van der Waals surface area contributed by atoms with Crippen LogP contribution in [-0.2, 0) is 45.5 Å². The molecule has 1 aromatic heterocycles. The van der Waals surface area contributed by atoms with Gasteiger partial charge in [-0.25, -0.2) is 4.57 Å². The third kappa shape index (κ3) is 29.8. The zero-order valence-electron chi connectivity index (χ0n) is 38.0. The first-order valence-corrected chi connectivity index (χ1v) is 23.6. The summed E-state index contributed by atoms with van der Waals surface area (Å²) < 4.78 is 40.3. The van der Waals surface area contributed by atoms with Crippen molar-refractivity contribution in [1.82, 2.24) is 0 Å². The Bertz CT molecular complexity index is 1550. The fourth-order valence-electron chi connectivity index (χ4n) is 5.82. The molecular formula is C48H79NO10P+. The van der Waals surface area contributed by atoms with E-state index in [2.05, 4.69) is 52.0 Å². The molecule has 2 N–H and O–H groups in total. The number of phosphoric ester groups is 1. The lowest BCUT2D eigenvalue weighted by molar-refractivity contribution is -0.870. The van der Waals surface area contributed by atoms with Gasteiger partial charge in [-0.15, -0.1) is 0 Å². The van der Waals surface area contributed by atoms with Crippen LogP contribution >= 0.6 is 7.82 Å². The molecule has 1 aromatic rings. The van der Waals surface area contributed by atoms with Crippen molar-refractivity contribution in [3.05, 3.63) is 95.6 Å². The van der Waals surface area contributed by atoms with Crippen LogP contribution in [-0.4, -0.2) is 86.1 Å². The fraction of sp³-hybridized carbons (Fsp3) is 0.625. The van der Waals surface area contributed by atoms with Crippen molar-refractivity contribution < 1.29 is 51.6 Å². The van der Waals surface area contributed by atoms with Crippen LogP contribution in [0.3, 0.4) is 0 Å². The summed E-state index contributed by atoms with van der Waals surface area (Å²) >= 11 is 0. The quantitative estimate of drug-likeness (QED) is 0.0169. The zero-order chi connectivity index (χ0) is 44.5. The molecule has 340 valence electrons. The molecule has 0 saturated heterocycles. The Morgan fingerprint density at radius 2 is 1.35 bits per heavy atom. The summed E-state index contributed by atoms with van der Waals surface area (Å²) in [6, 6.07) is 0. The molecule has 1 rings (SSSR count). The highest BCUT2D eigenvalue weighted by Gasteiger charge is 2.27. The van der Waals surface area contributed by atoms with E-state index in [0.29, 0.717) is 30.3 Å². The van der Waals surface area contributed by atoms with Crippen LogP contribution in [0.25, 0.3) is 0 Å². The van der Waals surface area contributed by atoms with Crippen LogP contribution in [0, 0.1) is 13.8 Å². The van der Waals surface area contributed by atoms with Gasteiger partial charge in [0.25, 0.3) is 0 Å². The number of carbonyl (C=O) groups excluding carboxylic acids is 2. The Labute approximate surface area is 362 Å². The van der Waals surface area contributed by atoms with E-state index in [9.17, 15) is 24.2 Å². The van der Waals surface area contributed by atoms with E-state index < -0.39 is 38.6 Å². The lowest BCUT2D eigenvalue weighted by atomic mass is 10.0. The number of phosphoric acid groups is 1. The number of unbranched alkanes of at least 4 members (excludes halogenated alkanes) is 5. The number of aryl methyl sites for hydroxylation is 2. The van der Waals surface area contributed by atoms with Gasteiger partial charge in [-0.3, -0.25) is 18.6 Å². The van der Waals surface area contributed by atoms with Crippen molar-refractivity contribution >= 4 is 19.8 Å². The number of hydrogen-bond acceptors (Lipinski definition) is 9. The molecule has 0 aliphatic rings. The number of nitrogens with zero attached hydrogens (tertiary/aromatic N) is 1. The van der Waals surface area contributed by atoms with Crippen molar-refractivity contribution in [2.24, 2.45) is 0 Å². The van der Waals surface area contributed by atoms with Gasteiger partial charge in [0.1, 0.15) is 31.3 Å². The Kier molecular flexibility index (Phi) is 30.4. The highest BCUT2D eigenvalue weighted by atomic mass is 31.2. The number of carbonyl (C=O) groups is 2. The number of aliphatic hydroxyl groups excluding tert-OH is 1. The van der Waals surface area contributed by atoms with Gasteiger partial charge in [-0.2, -0.15) is 0 Å². The Morgan fingerprint density at radius 1 is 0.733 bits per heavy atom. The molecule has 2 unspecified atom stereocenters. The second kappa shape index (κ2) is 33.3. The van der Waals surface area contributed by atoms with E-state index >= 15 is 0 Å². The predicted octanol–water partition coefficient (Wildman–Crippen LogP) is 10.9. The van der Waals surface area contributed by atoms with E-state index in [1.54, 1.807) is 6.08 Å². The van der Waals surface area contributed by atoms with Gasteiger partial charge in [0.2, 0.25) is 0 Å². The number of esters is 2. The monoisotopic (exact) mass is 861 g/mol. The summed E-state index contributed by atoms with van der Waals surface area (Å²) in [6.07, 6.45) is 35.9. The van der Waals surface area contributed by atoms with E-state index in [1.807, 2.05) is 63.7 Å². The summed E-state index contributed by atoms with van der Waals surface area (Å²) in [5.74, 6) is 1.26. The molecule has 0 aliphatic carbocycles. The average Bonchev–Trinajstić information content (AvgIpc) is 3.45. The van der Waals surface area contributed by atoms with Crippen molar-refractivity contribution in [2.75, 3.05) is 47.5 Å². The highest BCUT2D eigenvalue weighted by molar-refractivity contribution is 7.47. The summed E-state index contributed by atoms with van der Waals surface area (Å²) in [5.41, 5.74) is 2.55. The molecular weight excluding hydrogens is 781 g/mol. The normalized spacial score (nSPS) is 14.8. The molecule has 0 radical (unpaired) electrons. The molecule has 3 atom stereocenters. The number of ether oxygens (including phenoxy) is 2. The van der Waals surface area contributed by atoms with Crippen molar-refractivity contribution in [1.29, 1.82) is 0 Å². The minimum Gasteiger partial charge on any atom is -0.466 e. The smallest absolute Gasteiger partial charge is 0.466 e. The van der Waals surface area contributed by atoms with Gasteiger partial charge >= 0.3 is 19.8 Å². The zero-order valence-corrected chi connectivity index (χ0v) is 38.9. The Hall–Kier alpha value is -3.31. The van der Waals surface area contributed by atoms with Crippen LogP contribution < -0.4 is 0 Å². The van der Waals surface area contributed by atoms with Crippen LogP contribution in [0.5, 0.6) is 0 Å². The summed E-state index contributed by atoms with van der Waals surface area (Å²) in [7, 11) is 1.37. The molecule has 0 amide bonds. The number of likely N-dealkylation sites (N-methyl/N-ethyl adjacent to an activating group) is 1. The molecule has 0 bridgehead atoms. The molecule has 1 heterocycles. The third-order valence-corrected chi connectivity index (χ3v) is 10.5. The largest absolute Gasteiger partial charge is 0.472 e. The van der Waals surface area contributed by atoms with Gasteiger partial charge in [-0.05, 0) is 82.8 Å². The van der Waals surface area contributed by atoms with E-state index in [4.69, 9.17) is 22.9 Å². The van der Waals surface area contributed by atoms with Crippen LogP contribution in [0.1, 0.15) is 133 Å². The third-order valence-electron chi connectivity index (χ3n) is 9.52. The number of quaternary nitrogens is 1. The van der Waals surface area contributed by atoms with Crippen molar-refractivity contribution in [3.8, 4) is 0 Å². The van der Waals surface area contributed by atoms with Crippen molar-refractivity contribution in [3.63, 3.8) is 0 Å². The standard InChI is InChI=1S/C48H78NO10P/c1-8-10-26-32-43(50)33-27-22-18-16-14-12-11-13-15-17-19-24-29-35-47(51)55-39-44(40-57-60(53,54)56-38-37-49(5,6)7)58-48(52)36-30-25-21-20-23-28-34-46-42(4)41(3)45(59-46)31-9-2/h10,12-15,18-19,22,24,26-27,33,43-44,50H,8-9,11,16-17,20-21,23,25,28-32,34-40H2,1-7H3/p+1/b14-12-,15-13-,22-18+,24-19-,26-10-,33-27+/t43?,44-/m1/s1. The van der Waals surface area contributed by atoms with Crippen molar-refractivity contribution in [2.45, 2.75) is 149 Å². The molecule has 11 nitrogen and oxygen atoms in total. The number of hydrogen-bond donors (Lipinski definition) is 2. The highest BCUT2D eigenvalue weighted by Crippen LogP contribution is 2.43. The Morgan fingerprint density at radius 3 is 2.00 bits per heavy atom. The molecule has 0 spiro atoms. The summed E-state index contributed by atoms with van der Waals surface area (Å²) in [4.78, 5) is 35.5. The molecule has 0 aromatic carbocycles. The molecule has 0 fully saturated rings. The second-order valence-corrected chi connectivity index (χ2v) is 17.6. The molecule has 0 saturated carbocycles. The summed E-state index contributed by atoms with van der Waals surface area (Å²) in [6.45, 7) is 8.24. The van der Waals surface area contributed by atoms with Gasteiger partial charge < -0.3 is 28.4 Å². The molecule has 60 heavy (non-hydrogen) atoms.